The second-order valence-corrected chi connectivity index (χ2v) is 4.41. The quantitative estimate of drug-likeness (QED) is 0.802. The van der Waals surface area contributed by atoms with Gasteiger partial charge in [0.25, 0.3) is 0 Å². The van der Waals surface area contributed by atoms with Gasteiger partial charge in [-0.15, -0.1) is 0 Å². The fraction of sp³-hybridized carbons (Fsp3) is 0.818. The highest BCUT2D eigenvalue weighted by molar-refractivity contribution is 4.84. The Kier molecular flexibility index (Phi) is 3.90. The minimum atomic E-state index is 0.634. The summed E-state index contributed by atoms with van der Waals surface area (Å²) < 4.78 is 4.91. The molecule has 1 atom stereocenters. The molecule has 5 nitrogen and oxygen atoms in total. The molecule has 1 aromatic heterocycles. The largest absolute Gasteiger partial charge is 0.340 e. The van der Waals surface area contributed by atoms with E-state index >= 15 is 0 Å². The fourth-order valence-electron chi connectivity index (χ4n) is 2.17. The smallest absolute Gasteiger partial charge is 0.223 e. The number of hydrogen-bond acceptors (Lipinski definition) is 5. The van der Waals surface area contributed by atoms with Crippen molar-refractivity contribution in [3.8, 4) is 0 Å². The minimum absolute atomic E-state index is 0.634. The normalized spacial score (nSPS) is 21.8. The highest BCUT2D eigenvalue weighted by Gasteiger charge is 2.20. The van der Waals surface area contributed by atoms with E-state index in [9.17, 15) is 0 Å². The second kappa shape index (κ2) is 5.41. The average Bonchev–Trinajstić information content (AvgIpc) is 2.88. The molecule has 1 N–H and O–H groups in total. The topological polar surface area (TPSA) is 54.2 Å². The van der Waals surface area contributed by atoms with E-state index in [0.717, 1.165) is 18.3 Å². The second-order valence-electron chi connectivity index (χ2n) is 4.41. The molecule has 5 heteroatoms. The zero-order chi connectivity index (χ0) is 11.4. The van der Waals surface area contributed by atoms with Crippen LogP contribution in [0.1, 0.15) is 25.1 Å². The third-order valence-electron chi connectivity index (χ3n) is 3.10. The van der Waals surface area contributed by atoms with E-state index in [2.05, 4.69) is 27.3 Å². The molecule has 0 aliphatic carbocycles. The van der Waals surface area contributed by atoms with Crippen LogP contribution < -0.4 is 5.32 Å². The Labute approximate surface area is 96.2 Å². The summed E-state index contributed by atoms with van der Waals surface area (Å²) in [6.07, 6.45) is 1.30. The molecule has 1 saturated heterocycles. The van der Waals surface area contributed by atoms with E-state index in [4.69, 9.17) is 4.52 Å². The van der Waals surface area contributed by atoms with Gasteiger partial charge in [0.15, 0.2) is 5.82 Å². The number of likely N-dealkylation sites (tertiary alicyclic amines) is 1. The molecule has 0 saturated carbocycles. The van der Waals surface area contributed by atoms with Crippen molar-refractivity contribution in [1.29, 1.82) is 0 Å². The SMILES string of the molecule is CCN1CCC(CNCc2noc(C)n2)C1. The molecule has 2 heterocycles. The van der Waals surface area contributed by atoms with Gasteiger partial charge in [-0.3, -0.25) is 0 Å². The number of hydrogen-bond donors (Lipinski definition) is 1. The predicted octanol–water partition coefficient (Wildman–Crippen LogP) is 0.809. The maximum atomic E-state index is 4.91. The molecular weight excluding hydrogens is 204 g/mol. The third kappa shape index (κ3) is 3.02. The molecule has 0 spiro atoms. The summed E-state index contributed by atoms with van der Waals surface area (Å²) in [7, 11) is 0. The van der Waals surface area contributed by atoms with Gasteiger partial charge < -0.3 is 14.7 Å². The van der Waals surface area contributed by atoms with Crippen molar-refractivity contribution in [2.45, 2.75) is 26.8 Å². The number of nitrogens with zero attached hydrogens (tertiary/aromatic N) is 3. The van der Waals surface area contributed by atoms with Crippen LogP contribution in [0.25, 0.3) is 0 Å². The van der Waals surface area contributed by atoms with Crippen LogP contribution in [0.4, 0.5) is 0 Å². The first kappa shape index (κ1) is 11.5. The first-order chi connectivity index (χ1) is 7.78. The van der Waals surface area contributed by atoms with Gasteiger partial charge in [0, 0.05) is 13.5 Å². The minimum Gasteiger partial charge on any atom is -0.340 e. The molecule has 90 valence electrons. The van der Waals surface area contributed by atoms with Crippen molar-refractivity contribution in [2.75, 3.05) is 26.2 Å². The maximum absolute atomic E-state index is 4.91. The molecular formula is C11H20N4O. The van der Waals surface area contributed by atoms with E-state index in [-0.39, 0.29) is 0 Å². The lowest BCUT2D eigenvalue weighted by molar-refractivity contribution is 0.338. The van der Waals surface area contributed by atoms with E-state index in [1.54, 1.807) is 0 Å². The average molecular weight is 224 g/mol. The Morgan fingerprint density at radius 1 is 1.56 bits per heavy atom. The van der Waals surface area contributed by atoms with Crippen LogP contribution in [0.15, 0.2) is 4.52 Å². The lowest BCUT2D eigenvalue weighted by Crippen LogP contribution is -2.26. The van der Waals surface area contributed by atoms with E-state index in [1.807, 2.05) is 6.92 Å². The van der Waals surface area contributed by atoms with Gasteiger partial charge in [-0.1, -0.05) is 12.1 Å². The molecule has 0 aromatic carbocycles. The van der Waals surface area contributed by atoms with Crippen molar-refractivity contribution in [1.82, 2.24) is 20.4 Å². The summed E-state index contributed by atoms with van der Waals surface area (Å²) in [5.74, 6) is 2.16. The predicted molar refractivity (Wildman–Crippen MR) is 61.0 cm³/mol. The number of aromatic nitrogens is 2. The first-order valence-electron chi connectivity index (χ1n) is 6.00. The van der Waals surface area contributed by atoms with Gasteiger partial charge in [-0.2, -0.15) is 4.98 Å². The first-order valence-corrected chi connectivity index (χ1v) is 6.00. The molecule has 1 aromatic rings. The van der Waals surface area contributed by atoms with Crippen molar-refractivity contribution < 1.29 is 4.52 Å². The molecule has 0 radical (unpaired) electrons. The number of rotatable bonds is 5. The highest BCUT2D eigenvalue weighted by atomic mass is 16.5. The summed E-state index contributed by atoms with van der Waals surface area (Å²) in [6.45, 7) is 9.41. The van der Waals surface area contributed by atoms with Crippen LogP contribution in [-0.2, 0) is 6.54 Å². The molecule has 2 rings (SSSR count). The van der Waals surface area contributed by atoms with Crippen LogP contribution in [0.2, 0.25) is 0 Å². The van der Waals surface area contributed by atoms with Gasteiger partial charge in [-0.05, 0) is 32.0 Å². The zero-order valence-electron chi connectivity index (χ0n) is 10.1. The van der Waals surface area contributed by atoms with Crippen molar-refractivity contribution in [3.05, 3.63) is 11.7 Å². The van der Waals surface area contributed by atoms with Gasteiger partial charge >= 0.3 is 0 Å². The van der Waals surface area contributed by atoms with E-state index < -0.39 is 0 Å². The molecule has 0 amide bonds. The summed E-state index contributed by atoms with van der Waals surface area (Å²) >= 11 is 0. The van der Waals surface area contributed by atoms with Crippen LogP contribution in [0.5, 0.6) is 0 Å². The maximum Gasteiger partial charge on any atom is 0.223 e. The molecule has 0 bridgehead atoms. The van der Waals surface area contributed by atoms with Gasteiger partial charge in [0.05, 0.1) is 6.54 Å². The monoisotopic (exact) mass is 224 g/mol. The fourth-order valence-corrected chi connectivity index (χ4v) is 2.17. The summed E-state index contributed by atoms with van der Waals surface area (Å²) in [4.78, 5) is 6.65. The molecule has 1 fully saturated rings. The molecule has 16 heavy (non-hydrogen) atoms. The van der Waals surface area contributed by atoms with Gasteiger partial charge in [-0.25, -0.2) is 0 Å². The number of aryl methyl sites for hydroxylation is 1. The Morgan fingerprint density at radius 2 is 2.44 bits per heavy atom. The van der Waals surface area contributed by atoms with Crippen molar-refractivity contribution >= 4 is 0 Å². The highest BCUT2D eigenvalue weighted by Crippen LogP contribution is 2.14. The van der Waals surface area contributed by atoms with Gasteiger partial charge in [0.1, 0.15) is 0 Å². The van der Waals surface area contributed by atoms with Crippen molar-refractivity contribution in [2.24, 2.45) is 5.92 Å². The lowest BCUT2D eigenvalue weighted by atomic mass is 10.1. The van der Waals surface area contributed by atoms with E-state index in [1.165, 1.54) is 26.1 Å². The van der Waals surface area contributed by atoms with Crippen LogP contribution in [0, 0.1) is 12.8 Å². The summed E-state index contributed by atoms with van der Waals surface area (Å²) in [5, 5.41) is 7.24. The van der Waals surface area contributed by atoms with Crippen molar-refractivity contribution in [3.63, 3.8) is 0 Å². The number of nitrogens with one attached hydrogen (secondary N) is 1. The molecule has 1 aliphatic rings. The zero-order valence-corrected chi connectivity index (χ0v) is 10.1. The van der Waals surface area contributed by atoms with Gasteiger partial charge in [0.2, 0.25) is 5.89 Å². The van der Waals surface area contributed by atoms with Crippen LogP contribution in [-0.4, -0.2) is 41.2 Å². The van der Waals surface area contributed by atoms with Crippen LogP contribution in [0.3, 0.4) is 0 Å². The Bertz CT molecular complexity index is 326. The Hall–Kier alpha value is -0.940. The standard InChI is InChI=1S/C11H20N4O/c1-3-15-5-4-10(8-15)6-12-7-11-13-9(2)16-14-11/h10,12H,3-8H2,1-2H3. The summed E-state index contributed by atoms with van der Waals surface area (Å²) in [6, 6.07) is 0. The van der Waals surface area contributed by atoms with E-state index in [0.29, 0.717) is 12.4 Å². The molecule has 1 unspecified atom stereocenters. The Morgan fingerprint density at radius 3 is 3.06 bits per heavy atom. The lowest BCUT2D eigenvalue weighted by Gasteiger charge is -2.13. The van der Waals surface area contributed by atoms with Crippen LogP contribution >= 0.6 is 0 Å². The third-order valence-corrected chi connectivity index (χ3v) is 3.10. The molecule has 1 aliphatic heterocycles. The Balaban J connectivity index is 1.65. The summed E-state index contributed by atoms with van der Waals surface area (Å²) in [5.41, 5.74) is 0.